The molecule has 9 atom stereocenters. The molecule has 7 unspecified atom stereocenters. The minimum Gasteiger partial charge on any atom is -0.460 e. The summed E-state index contributed by atoms with van der Waals surface area (Å²) in [6, 6.07) is -6.64. The van der Waals surface area contributed by atoms with Crippen LogP contribution in [0.5, 0.6) is 0 Å². The van der Waals surface area contributed by atoms with E-state index in [0.29, 0.717) is 0 Å². The highest BCUT2D eigenvalue weighted by molar-refractivity contribution is 5.98. The molecule has 6 amide bonds. The van der Waals surface area contributed by atoms with Crippen LogP contribution < -0.4 is 38.1 Å². The van der Waals surface area contributed by atoms with Crippen LogP contribution in [0.4, 0.5) is 0 Å². The van der Waals surface area contributed by atoms with E-state index in [1.807, 2.05) is 0 Å². The molecule has 0 aliphatic carbocycles. The van der Waals surface area contributed by atoms with Crippen LogP contribution >= 0.6 is 0 Å². The van der Waals surface area contributed by atoms with Crippen molar-refractivity contribution in [1.82, 2.24) is 26.6 Å². The van der Waals surface area contributed by atoms with Gasteiger partial charge in [0.25, 0.3) is 5.91 Å². The highest BCUT2D eigenvalue weighted by atomic mass is 16.6. The molecule has 0 bridgehead atoms. The summed E-state index contributed by atoms with van der Waals surface area (Å²) in [5.41, 5.74) is 7.75. The number of primary amides is 1. The SMILES string of the molecule is CC(C)[C@H](NC(=O)C(CCC(=O)OC(C)(C)C)NC(=O)[C@H](CC(=O)OC(C)(C)C)NC(=O)C1OC(CN)C(O)C(O)C1O)C(=O)NC(CC(=O)OC(C)(C)C)C(=O)NCC(N)=O. The van der Waals surface area contributed by atoms with Crippen LogP contribution in [0.15, 0.2) is 0 Å². The van der Waals surface area contributed by atoms with Crippen LogP contribution in [0.1, 0.15) is 102 Å². The fraction of sp³-hybridized carbons (Fsp3) is 0.769. The number of carbonyl (C=O) groups is 9. The summed E-state index contributed by atoms with van der Waals surface area (Å²) in [6.07, 6.45) is -11.3. The molecule has 12 N–H and O–H groups in total. The Morgan fingerprint density at radius 2 is 1.06 bits per heavy atom. The molecular formula is C39H67N7O16. The van der Waals surface area contributed by atoms with Gasteiger partial charge in [-0.25, -0.2) is 0 Å². The number of rotatable bonds is 20. The zero-order valence-electron chi connectivity index (χ0n) is 37.3. The molecule has 0 saturated carbocycles. The number of hydrogen-bond donors (Lipinski definition) is 10. The van der Waals surface area contributed by atoms with E-state index in [0.717, 1.165) is 0 Å². The van der Waals surface area contributed by atoms with Gasteiger partial charge in [0.2, 0.25) is 29.5 Å². The van der Waals surface area contributed by atoms with Gasteiger partial charge in [0.05, 0.1) is 25.5 Å². The second-order valence-electron chi connectivity index (χ2n) is 18.1. The number of nitrogens with two attached hydrogens (primary N) is 2. The molecule has 354 valence electrons. The average molecular weight is 890 g/mol. The van der Waals surface area contributed by atoms with E-state index >= 15 is 0 Å². The monoisotopic (exact) mass is 889 g/mol. The molecule has 0 aromatic rings. The number of aliphatic hydroxyl groups excluding tert-OH is 3. The van der Waals surface area contributed by atoms with Gasteiger partial charge < -0.3 is 72.3 Å². The Bertz CT molecular complexity index is 1620. The molecule has 23 nitrogen and oxygen atoms in total. The van der Waals surface area contributed by atoms with Crippen molar-refractivity contribution in [2.24, 2.45) is 17.4 Å². The molecule has 0 spiro atoms. The van der Waals surface area contributed by atoms with Gasteiger partial charge in [0, 0.05) is 13.0 Å². The van der Waals surface area contributed by atoms with Crippen molar-refractivity contribution in [2.45, 2.75) is 173 Å². The van der Waals surface area contributed by atoms with Gasteiger partial charge in [-0.2, -0.15) is 0 Å². The molecule has 0 aromatic carbocycles. The number of carbonyl (C=O) groups excluding carboxylic acids is 9. The minimum absolute atomic E-state index is 0.382. The first-order valence-electron chi connectivity index (χ1n) is 20.1. The zero-order chi connectivity index (χ0) is 48.1. The van der Waals surface area contributed by atoms with Gasteiger partial charge in [-0.05, 0) is 74.7 Å². The highest BCUT2D eigenvalue weighted by Gasteiger charge is 2.47. The number of amides is 6. The third kappa shape index (κ3) is 19.8. The van der Waals surface area contributed by atoms with Gasteiger partial charge in [0.15, 0.2) is 6.10 Å². The van der Waals surface area contributed by atoms with Crippen LogP contribution in [0.2, 0.25) is 0 Å². The third-order valence-electron chi connectivity index (χ3n) is 8.42. The molecule has 1 aliphatic rings. The van der Waals surface area contributed by atoms with E-state index in [9.17, 15) is 58.5 Å². The molecule has 1 fully saturated rings. The predicted molar refractivity (Wildman–Crippen MR) is 217 cm³/mol. The fourth-order valence-electron chi connectivity index (χ4n) is 5.68. The lowest BCUT2D eigenvalue weighted by Gasteiger charge is -2.39. The summed E-state index contributed by atoms with van der Waals surface area (Å²) in [4.78, 5) is 118. The maximum absolute atomic E-state index is 14.1. The van der Waals surface area contributed by atoms with Crippen LogP contribution in [0.3, 0.4) is 0 Å². The Hall–Kier alpha value is -4.97. The number of esters is 3. The van der Waals surface area contributed by atoms with Crippen LogP contribution in [-0.4, -0.2) is 153 Å². The summed E-state index contributed by atoms with van der Waals surface area (Å²) in [5.74, 6) is -9.76. The third-order valence-corrected chi connectivity index (χ3v) is 8.42. The lowest BCUT2D eigenvalue weighted by Crippen LogP contribution is -2.64. The normalized spacial score (nSPS) is 21.2. The van der Waals surface area contributed by atoms with Gasteiger partial charge in [-0.15, -0.1) is 0 Å². The minimum atomic E-state index is -2.01. The fourth-order valence-corrected chi connectivity index (χ4v) is 5.68. The van der Waals surface area contributed by atoms with E-state index in [4.69, 9.17) is 30.4 Å². The van der Waals surface area contributed by atoms with Gasteiger partial charge >= 0.3 is 17.9 Å². The van der Waals surface area contributed by atoms with E-state index < -0.39 is 163 Å². The quantitative estimate of drug-likeness (QED) is 0.0420. The summed E-state index contributed by atoms with van der Waals surface area (Å²) in [5, 5.41) is 42.8. The Morgan fingerprint density at radius 1 is 0.613 bits per heavy atom. The summed E-state index contributed by atoms with van der Waals surface area (Å²) in [6.45, 7) is 16.2. The molecule has 0 radical (unpaired) electrons. The molecule has 1 heterocycles. The van der Waals surface area contributed by atoms with Crippen molar-refractivity contribution < 1.29 is 77.4 Å². The average Bonchev–Trinajstić information content (AvgIpc) is 3.10. The Balaban J connectivity index is 3.58. The summed E-state index contributed by atoms with van der Waals surface area (Å²) < 4.78 is 21.4. The number of hydrogen-bond acceptors (Lipinski definition) is 17. The zero-order valence-corrected chi connectivity index (χ0v) is 37.3. The van der Waals surface area contributed by atoms with E-state index in [1.54, 1.807) is 41.5 Å². The molecule has 23 heteroatoms. The predicted octanol–water partition coefficient (Wildman–Crippen LogP) is -3.42. The molecule has 1 saturated heterocycles. The van der Waals surface area contributed by atoms with Crippen molar-refractivity contribution >= 4 is 53.4 Å². The van der Waals surface area contributed by atoms with Gasteiger partial charge in [-0.3, -0.25) is 43.2 Å². The molecule has 62 heavy (non-hydrogen) atoms. The molecular weight excluding hydrogens is 822 g/mol. The van der Waals surface area contributed by atoms with E-state index in [1.165, 1.54) is 34.6 Å². The second kappa shape index (κ2) is 23.5. The topological polar surface area (TPSA) is 363 Å². The van der Waals surface area contributed by atoms with Gasteiger partial charge in [-0.1, -0.05) is 13.8 Å². The molecule has 1 rings (SSSR count). The Kier molecular flexibility index (Phi) is 20.8. The van der Waals surface area contributed by atoms with Crippen LogP contribution in [0, 0.1) is 5.92 Å². The smallest absolute Gasteiger partial charge is 0.308 e. The Morgan fingerprint density at radius 3 is 1.52 bits per heavy atom. The van der Waals surface area contributed by atoms with E-state index in [2.05, 4.69) is 26.6 Å². The van der Waals surface area contributed by atoms with Gasteiger partial charge in [0.1, 0.15) is 59.3 Å². The van der Waals surface area contributed by atoms with Crippen molar-refractivity contribution in [1.29, 1.82) is 0 Å². The maximum atomic E-state index is 14.1. The first-order valence-corrected chi connectivity index (χ1v) is 20.1. The maximum Gasteiger partial charge on any atom is 0.308 e. The van der Waals surface area contributed by atoms with Crippen molar-refractivity contribution in [3.05, 3.63) is 0 Å². The van der Waals surface area contributed by atoms with Crippen molar-refractivity contribution in [3.63, 3.8) is 0 Å². The first-order chi connectivity index (χ1) is 28.2. The largest absolute Gasteiger partial charge is 0.460 e. The highest BCUT2D eigenvalue weighted by Crippen LogP contribution is 2.22. The number of nitrogens with one attached hydrogen (secondary N) is 5. The first kappa shape index (κ1) is 55.0. The summed E-state index contributed by atoms with van der Waals surface area (Å²) >= 11 is 0. The number of ether oxygens (including phenoxy) is 4. The van der Waals surface area contributed by atoms with Crippen molar-refractivity contribution in [2.75, 3.05) is 13.1 Å². The second-order valence-corrected chi connectivity index (χ2v) is 18.1. The number of aliphatic hydroxyl groups is 3. The standard InChI is InChI=1S/C39H67N7O16/c1-18(2)27(35(57)44-20(32(54)42-17-23(41)47)14-25(49)61-38(6,7)8)46-33(55)19(12-13-24(48)60-37(3,4)5)43-34(56)21(15-26(50)62-39(9,10)11)45-36(58)31-30(53)29(52)28(51)22(16-40)59-31/h18-22,27-31,51-53H,12-17,40H2,1-11H3,(H2,41,47)(H,42,54)(H,43,56)(H,44,57)(H,45,58)(H,46,55)/t19?,20?,21-,22?,27-,28?,29?,30?,31?/m0/s1. The lowest BCUT2D eigenvalue weighted by molar-refractivity contribution is -0.218. The lowest BCUT2D eigenvalue weighted by atomic mass is 9.94. The Labute approximate surface area is 360 Å². The van der Waals surface area contributed by atoms with E-state index in [-0.39, 0.29) is 6.54 Å². The molecule has 0 aromatic heterocycles. The molecule has 1 aliphatic heterocycles. The van der Waals surface area contributed by atoms with Crippen LogP contribution in [0.25, 0.3) is 0 Å². The van der Waals surface area contributed by atoms with Crippen molar-refractivity contribution in [3.8, 4) is 0 Å². The van der Waals surface area contributed by atoms with Crippen LogP contribution in [-0.2, 0) is 62.1 Å². The summed E-state index contributed by atoms with van der Waals surface area (Å²) in [7, 11) is 0.